The van der Waals surface area contributed by atoms with Gasteiger partial charge in [0.2, 0.25) is 0 Å². The molecule has 0 aliphatic carbocycles. The normalized spacial score (nSPS) is 22.1. The third-order valence-corrected chi connectivity index (χ3v) is 3.12. The van der Waals surface area contributed by atoms with Gasteiger partial charge in [-0.15, -0.1) is 0 Å². The van der Waals surface area contributed by atoms with Crippen LogP contribution in [0.4, 0.5) is 0 Å². The van der Waals surface area contributed by atoms with Crippen LogP contribution < -0.4 is 5.73 Å². The van der Waals surface area contributed by atoms with E-state index >= 15 is 0 Å². The van der Waals surface area contributed by atoms with Crippen molar-refractivity contribution in [3.05, 3.63) is 29.0 Å². The minimum absolute atomic E-state index is 0.556. The first-order valence-electron chi connectivity index (χ1n) is 5.31. The lowest BCUT2D eigenvalue weighted by atomic mass is 10.1. The maximum Gasteiger partial charge on any atom is 0.129 e. The smallest absolute Gasteiger partial charge is 0.129 e. The summed E-state index contributed by atoms with van der Waals surface area (Å²) >= 11 is 5.73. The number of hydrogen-bond acceptors (Lipinski definition) is 3. The van der Waals surface area contributed by atoms with E-state index in [0.717, 1.165) is 26.2 Å². The molecule has 1 saturated heterocycles. The number of hydrogen-bond donors (Lipinski definition) is 1. The molecule has 1 aromatic heterocycles. The molecule has 4 heteroatoms. The van der Waals surface area contributed by atoms with Crippen molar-refractivity contribution in [3.63, 3.8) is 0 Å². The number of pyridine rings is 1. The van der Waals surface area contributed by atoms with Crippen molar-refractivity contribution in [1.82, 2.24) is 9.88 Å². The van der Waals surface area contributed by atoms with Crippen molar-refractivity contribution in [2.45, 2.75) is 13.0 Å². The fourth-order valence-electron chi connectivity index (χ4n) is 2.01. The van der Waals surface area contributed by atoms with Crippen molar-refractivity contribution in [1.29, 1.82) is 0 Å². The fourth-order valence-corrected chi connectivity index (χ4v) is 2.12. The molecular formula is C11H16ClN3. The Morgan fingerprint density at radius 3 is 3.00 bits per heavy atom. The van der Waals surface area contributed by atoms with Crippen LogP contribution in [0.3, 0.4) is 0 Å². The zero-order valence-corrected chi connectivity index (χ0v) is 9.45. The summed E-state index contributed by atoms with van der Waals surface area (Å²) in [7, 11) is 0. The van der Waals surface area contributed by atoms with E-state index < -0.39 is 0 Å². The average Bonchev–Trinajstić information content (AvgIpc) is 2.69. The van der Waals surface area contributed by atoms with Crippen LogP contribution in [0, 0.1) is 5.92 Å². The van der Waals surface area contributed by atoms with Crippen molar-refractivity contribution in [2.75, 3.05) is 19.6 Å². The van der Waals surface area contributed by atoms with E-state index in [9.17, 15) is 0 Å². The number of rotatable bonds is 3. The molecule has 1 aliphatic heterocycles. The Labute approximate surface area is 95.2 Å². The number of halogens is 1. The fraction of sp³-hybridized carbons (Fsp3) is 0.545. The molecule has 2 N–H and O–H groups in total. The summed E-state index contributed by atoms with van der Waals surface area (Å²) in [4.78, 5) is 6.49. The van der Waals surface area contributed by atoms with Crippen LogP contribution >= 0.6 is 11.6 Å². The minimum atomic E-state index is 0.556. The van der Waals surface area contributed by atoms with Crippen LogP contribution in [0.1, 0.15) is 12.0 Å². The van der Waals surface area contributed by atoms with Crippen LogP contribution in [0.15, 0.2) is 18.3 Å². The lowest BCUT2D eigenvalue weighted by Gasteiger charge is -2.15. The van der Waals surface area contributed by atoms with Gasteiger partial charge in [0, 0.05) is 19.3 Å². The Kier molecular flexibility index (Phi) is 3.57. The molecule has 0 spiro atoms. The molecule has 0 radical (unpaired) electrons. The maximum atomic E-state index is 5.73. The molecular weight excluding hydrogens is 210 g/mol. The zero-order valence-electron chi connectivity index (χ0n) is 8.69. The highest BCUT2D eigenvalue weighted by molar-refractivity contribution is 6.29. The molecule has 0 aromatic carbocycles. The van der Waals surface area contributed by atoms with E-state index in [1.54, 1.807) is 0 Å². The average molecular weight is 226 g/mol. The van der Waals surface area contributed by atoms with Crippen molar-refractivity contribution < 1.29 is 0 Å². The number of aromatic nitrogens is 1. The van der Waals surface area contributed by atoms with Gasteiger partial charge in [-0.25, -0.2) is 4.98 Å². The summed E-state index contributed by atoms with van der Waals surface area (Å²) in [5, 5.41) is 0.556. The Bertz CT molecular complexity index is 312. The number of nitrogens with two attached hydrogens (primary N) is 1. The summed E-state index contributed by atoms with van der Waals surface area (Å²) in [6.07, 6.45) is 3.07. The number of nitrogens with zero attached hydrogens (tertiary/aromatic N) is 2. The Morgan fingerprint density at radius 2 is 2.40 bits per heavy atom. The molecule has 0 saturated carbocycles. The van der Waals surface area contributed by atoms with Crippen molar-refractivity contribution in [2.24, 2.45) is 11.7 Å². The quantitative estimate of drug-likeness (QED) is 0.794. The van der Waals surface area contributed by atoms with E-state index in [4.69, 9.17) is 17.3 Å². The van der Waals surface area contributed by atoms with Gasteiger partial charge in [-0.3, -0.25) is 4.90 Å². The summed E-state index contributed by atoms with van der Waals surface area (Å²) in [5.74, 6) is 0.672. The minimum Gasteiger partial charge on any atom is -0.330 e. The Morgan fingerprint density at radius 1 is 1.53 bits per heavy atom. The Hall–Kier alpha value is -0.640. The van der Waals surface area contributed by atoms with Crippen LogP contribution in [0.5, 0.6) is 0 Å². The second-order valence-electron chi connectivity index (χ2n) is 4.11. The summed E-state index contributed by atoms with van der Waals surface area (Å²) in [6.45, 7) is 4.01. The van der Waals surface area contributed by atoms with E-state index in [-0.39, 0.29) is 0 Å². The van der Waals surface area contributed by atoms with Crippen LogP contribution in [0.25, 0.3) is 0 Å². The topological polar surface area (TPSA) is 42.1 Å². The molecule has 82 valence electrons. The van der Waals surface area contributed by atoms with Gasteiger partial charge in [-0.05, 0) is 37.1 Å². The lowest BCUT2D eigenvalue weighted by molar-refractivity contribution is 0.317. The Balaban J connectivity index is 1.90. The third-order valence-electron chi connectivity index (χ3n) is 2.90. The highest BCUT2D eigenvalue weighted by atomic mass is 35.5. The molecule has 1 atom stereocenters. The van der Waals surface area contributed by atoms with Crippen molar-refractivity contribution in [3.8, 4) is 0 Å². The summed E-state index contributed by atoms with van der Waals surface area (Å²) in [6, 6.07) is 3.87. The molecule has 0 bridgehead atoms. The zero-order chi connectivity index (χ0) is 10.7. The predicted molar refractivity (Wildman–Crippen MR) is 61.7 cm³/mol. The highest BCUT2D eigenvalue weighted by Crippen LogP contribution is 2.17. The first-order valence-corrected chi connectivity index (χ1v) is 5.68. The molecule has 0 amide bonds. The van der Waals surface area contributed by atoms with Crippen LogP contribution in [-0.4, -0.2) is 29.5 Å². The number of likely N-dealkylation sites (tertiary alicyclic amines) is 1. The molecule has 2 rings (SSSR count). The first-order chi connectivity index (χ1) is 7.28. The summed E-state index contributed by atoms with van der Waals surface area (Å²) in [5.41, 5.74) is 6.87. The third kappa shape index (κ3) is 2.91. The second kappa shape index (κ2) is 4.92. The van der Waals surface area contributed by atoms with E-state index in [2.05, 4.69) is 9.88 Å². The standard InChI is InChI=1S/C11H16ClN3/c12-11-2-1-10(6-14-11)8-15-4-3-9(5-13)7-15/h1-2,6,9H,3-5,7-8,13H2/t9-/m0/s1. The van der Waals surface area contributed by atoms with Crippen molar-refractivity contribution >= 4 is 11.6 Å². The molecule has 15 heavy (non-hydrogen) atoms. The molecule has 3 nitrogen and oxygen atoms in total. The monoisotopic (exact) mass is 225 g/mol. The first kappa shape index (κ1) is 10.9. The van der Waals surface area contributed by atoms with Gasteiger partial charge in [-0.2, -0.15) is 0 Å². The molecule has 1 aromatic rings. The predicted octanol–water partition coefficient (Wildman–Crippen LogP) is 1.52. The highest BCUT2D eigenvalue weighted by Gasteiger charge is 2.20. The van der Waals surface area contributed by atoms with Gasteiger partial charge in [0.1, 0.15) is 5.15 Å². The van der Waals surface area contributed by atoms with Gasteiger partial charge in [0.25, 0.3) is 0 Å². The van der Waals surface area contributed by atoms with Gasteiger partial charge in [0.05, 0.1) is 0 Å². The van der Waals surface area contributed by atoms with Gasteiger partial charge < -0.3 is 5.73 Å². The van der Waals surface area contributed by atoms with E-state index in [1.807, 2.05) is 18.3 Å². The van der Waals surface area contributed by atoms with E-state index in [1.165, 1.54) is 12.0 Å². The van der Waals surface area contributed by atoms with Gasteiger partial charge >= 0.3 is 0 Å². The molecule has 1 aliphatic rings. The SMILES string of the molecule is NC[C@@H]1CCN(Cc2ccc(Cl)nc2)C1. The summed E-state index contributed by atoms with van der Waals surface area (Å²) < 4.78 is 0. The van der Waals surface area contributed by atoms with Crippen LogP contribution in [0.2, 0.25) is 5.15 Å². The lowest BCUT2D eigenvalue weighted by Crippen LogP contribution is -2.22. The second-order valence-corrected chi connectivity index (χ2v) is 4.50. The molecule has 2 heterocycles. The molecule has 0 unspecified atom stereocenters. The largest absolute Gasteiger partial charge is 0.330 e. The van der Waals surface area contributed by atoms with Crippen LogP contribution in [-0.2, 0) is 6.54 Å². The van der Waals surface area contributed by atoms with Gasteiger partial charge in [-0.1, -0.05) is 17.7 Å². The van der Waals surface area contributed by atoms with E-state index in [0.29, 0.717) is 11.1 Å². The van der Waals surface area contributed by atoms with Gasteiger partial charge in [0.15, 0.2) is 0 Å². The molecule has 1 fully saturated rings. The maximum absolute atomic E-state index is 5.73.